The molecule has 0 unspecified atom stereocenters. The summed E-state index contributed by atoms with van der Waals surface area (Å²) in [7, 11) is 0. The molecule has 2 aromatic carbocycles. The van der Waals surface area contributed by atoms with Gasteiger partial charge in [0.05, 0.1) is 5.69 Å². The Morgan fingerprint density at radius 1 is 1.10 bits per heavy atom. The standard InChI is InChI=1S/C15H15NO2.C2H6/c1-2-10-3-4-11-5-6-16(9-12(11)7-10)13-8-14(17)15(13)18;1-2/h3-4,7-8H,2,5-6,9H2,1H3;1-2H3. The Morgan fingerprint density at radius 3 is 2.45 bits per heavy atom. The molecule has 0 radical (unpaired) electrons. The second-order valence-electron chi connectivity index (χ2n) is 4.85. The Bertz CT molecular complexity index is 666. The van der Waals surface area contributed by atoms with Gasteiger partial charge in [0.1, 0.15) is 0 Å². The SMILES string of the molecule is CC.CCc1ccc2c(c1)CN(c1cc(=O)c1=O)CC2. The Kier molecular flexibility index (Phi) is 4.38. The van der Waals surface area contributed by atoms with Gasteiger partial charge in [-0.3, -0.25) is 9.59 Å². The minimum atomic E-state index is -0.363. The summed E-state index contributed by atoms with van der Waals surface area (Å²) in [5.74, 6) is 0. The van der Waals surface area contributed by atoms with Crippen LogP contribution in [-0.4, -0.2) is 6.54 Å². The van der Waals surface area contributed by atoms with Crippen molar-refractivity contribution in [2.24, 2.45) is 0 Å². The summed E-state index contributed by atoms with van der Waals surface area (Å²) in [6.45, 7) is 7.70. The zero-order valence-corrected chi connectivity index (χ0v) is 12.4. The third-order valence-electron chi connectivity index (χ3n) is 3.76. The van der Waals surface area contributed by atoms with Gasteiger partial charge in [-0.15, -0.1) is 0 Å². The average molecular weight is 271 g/mol. The summed E-state index contributed by atoms with van der Waals surface area (Å²) in [6, 6.07) is 8.03. The van der Waals surface area contributed by atoms with Crippen molar-refractivity contribution in [3.63, 3.8) is 0 Å². The average Bonchev–Trinajstić information content (AvgIpc) is 2.53. The Hall–Kier alpha value is -1.90. The highest BCUT2D eigenvalue weighted by Crippen LogP contribution is 2.23. The van der Waals surface area contributed by atoms with Crippen LogP contribution in [0.15, 0.2) is 33.9 Å². The van der Waals surface area contributed by atoms with Gasteiger partial charge in [-0.1, -0.05) is 39.0 Å². The molecule has 0 aliphatic carbocycles. The van der Waals surface area contributed by atoms with Crippen molar-refractivity contribution in [1.82, 2.24) is 0 Å². The van der Waals surface area contributed by atoms with E-state index < -0.39 is 0 Å². The van der Waals surface area contributed by atoms with E-state index in [1.807, 2.05) is 18.7 Å². The first kappa shape index (κ1) is 14.5. The van der Waals surface area contributed by atoms with E-state index in [9.17, 15) is 9.59 Å². The minimum absolute atomic E-state index is 0.329. The third kappa shape index (κ3) is 2.53. The van der Waals surface area contributed by atoms with Crippen LogP contribution in [0.3, 0.4) is 0 Å². The molecular formula is C17H21NO2. The Balaban J connectivity index is 0.000000704. The normalized spacial score (nSPS) is 13.7. The zero-order valence-electron chi connectivity index (χ0n) is 12.4. The summed E-state index contributed by atoms with van der Waals surface area (Å²) >= 11 is 0. The van der Waals surface area contributed by atoms with Crippen molar-refractivity contribution >= 4 is 5.69 Å². The van der Waals surface area contributed by atoms with E-state index in [4.69, 9.17) is 0 Å². The first-order chi connectivity index (χ1) is 9.69. The number of hydrogen-bond acceptors (Lipinski definition) is 3. The maximum absolute atomic E-state index is 11.4. The summed E-state index contributed by atoms with van der Waals surface area (Å²) in [6.07, 6.45) is 1.96. The molecule has 2 aromatic rings. The lowest BCUT2D eigenvalue weighted by atomic mass is 9.96. The van der Waals surface area contributed by atoms with Crippen molar-refractivity contribution in [2.45, 2.75) is 40.2 Å². The van der Waals surface area contributed by atoms with E-state index in [1.165, 1.54) is 22.8 Å². The number of rotatable bonds is 2. The Morgan fingerprint density at radius 2 is 1.85 bits per heavy atom. The molecule has 0 saturated carbocycles. The van der Waals surface area contributed by atoms with E-state index in [1.54, 1.807) is 0 Å². The molecule has 1 aliphatic heterocycles. The molecule has 0 spiro atoms. The van der Waals surface area contributed by atoms with Crippen LogP contribution < -0.4 is 15.8 Å². The minimum Gasteiger partial charge on any atom is -0.363 e. The van der Waals surface area contributed by atoms with Gasteiger partial charge in [-0.25, -0.2) is 0 Å². The summed E-state index contributed by atoms with van der Waals surface area (Å²) < 4.78 is 0. The molecule has 3 nitrogen and oxygen atoms in total. The predicted octanol–water partition coefficient (Wildman–Crippen LogP) is 2.43. The lowest BCUT2D eigenvalue weighted by Crippen LogP contribution is -2.41. The quantitative estimate of drug-likeness (QED) is 0.787. The summed E-state index contributed by atoms with van der Waals surface area (Å²) in [4.78, 5) is 24.4. The number of aryl methyl sites for hydroxylation is 1. The first-order valence-electron chi connectivity index (χ1n) is 7.35. The van der Waals surface area contributed by atoms with E-state index in [2.05, 4.69) is 25.1 Å². The molecule has 0 bridgehead atoms. The molecule has 1 heterocycles. The Labute approximate surface area is 119 Å². The molecule has 3 rings (SSSR count). The van der Waals surface area contributed by atoms with Gasteiger partial charge in [0.25, 0.3) is 0 Å². The van der Waals surface area contributed by atoms with Crippen LogP contribution in [-0.2, 0) is 19.4 Å². The second kappa shape index (κ2) is 6.04. The predicted molar refractivity (Wildman–Crippen MR) is 83.3 cm³/mol. The van der Waals surface area contributed by atoms with Crippen LogP contribution in [0.4, 0.5) is 5.69 Å². The van der Waals surface area contributed by atoms with Gasteiger partial charge in [0.2, 0.25) is 10.9 Å². The molecule has 106 valence electrons. The van der Waals surface area contributed by atoms with Gasteiger partial charge < -0.3 is 4.90 Å². The molecule has 1 aliphatic rings. The number of fused-ring (bicyclic) bond motifs is 1. The first-order valence-corrected chi connectivity index (χ1v) is 7.35. The second-order valence-corrected chi connectivity index (χ2v) is 4.85. The maximum Gasteiger partial charge on any atom is 0.249 e. The van der Waals surface area contributed by atoms with Crippen LogP contribution >= 0.6 is 0 Å². The number of anilines is 1. The van der Waals surface area contributed by atoms with Crippen molar-refractivity contribution in [1.29, 1.82) is 0 Å². The smallest absolute Gasteiger partial charge is 0.249 e. The molecule has 20 heavy (non-hydrogen) atoms. The van der Waals surface area contributed by atoms with Gasteiger partial charge in [0, 0.05) is 19.2 Å². The fourth-order valence-electron chi connectivity index (χ4n) is 2.57. The van der Waals surface area contributed by atoms with Crippen LogP contribution in [0.1, 0.15) is 37.5 Å². The fourth-order valence-corrected chi connectivity index (χ4v) is 2.57. The van der Waals surface area contributed by atoms with Gasteiger partial charge >= 0.3 is 0 Å². The maximum atomic E-state index is 11.4. The highest BCUT2D eigenvalue weighted by Gasteiger charge is 2.21. The van der Waals surface area contributed by atoms with E-state index in [-0.39, 0.29) is 10.9 Å². The highest BCUT2D eigenvalue weighted by atomic mass is 16.2. The van der Waals surface area contributed by atoms with Gasteiger partial charge in [-0.05, 0) is 29.5 Å². The van der Waals surface area contributed by atoms with Crippen molar-refractivity contribution < 1.29 is 0 Å². The van der Waals surface area contributed by atoms with Crippen LogP contribution in [0.5, 0.6) is 0 Å². The lowest BCUT2D eigenvalue weighted by Gasteiger charge is -2.31. The van der Waals surface area contributed by atoms with Crippen molar-refractivity contribution in [3.8, 4) is 0 Å². The molecule has 3 heteroatoms. The molecule has 0 atom stereocenters. The molecule has 0 saturated heterocycles. The number of nitrogens with zero attached hydrogens (tertiary/aromatic N) is 1. The topological polar surface area (TPSA) is 37.4 Å². The summed E-state index contributed by atoms with van der Waals surface area (Å²) in [5.41, 5.74) is 3.87. The van der Waals surface area contributed by atoms with Crippen LogP contribution in [0.2, 0.25) is 0 Å². The third-order valence-corrected chi connectivity index (χ3v) is 3.76. The highest BCUT2D eigenvalue weighted by molar-refractivity contribution is 5.53. The van der Waals surface area contributed by atoms with E-state index in [0.717, 1.165) is 25.9 Å². The van der Waals surface area contributed by atoms with E-state index >= 15 is 0 Å². The summed E-state index contributed by atoms with van der Waals surface area (Å²) in [5, 5.41) is 0. The van der Waals surface area contributed by atoms with E-state index in [0.29, 0.717) is 5.69 Å². The van der Waals surface area contributed by atoms with Crippen molar-refractivity contribution in [2.75, 3.05) is 11.4 Å². The molecule has 0 N–H and O–H groups in total. The molecule has 0 fully saturated rings. The zero-order chi connectivity index (χ0) is 14.7. The fraction of sp³-hybridized carbons (Fsp3) is 0.412. The van der Waals surface area contributed by atoms with Gasteiger partial charge in [0.15, 0.2) is 0 Å². The monoisotopic (exact) mass is 271 g/mol. The van der Waals surface area contributed by atoms with Crippen molar-refractivity contribution in [3.05, 3.63) is 61.4 Å². The largest absolute Gasteiger partial charge is 0.363 e. The van der Waals surface area contributed by atoms with Crippen LogP contribution in [0, 0.1) is 0 Å². The number of benzene rings is 1. The molecule has 0 amide bonds. The number of hydrogen-bond donors (Lipinski definition) is 0. The molecular weight excluding hydrogens is 250 g/mol. The lowest BCUT2D eigenvalue weighted by molar-refractivity contribution is 0.724. The van der Waals surface area contributed by atoms with Gasteiger partial charge in [-0.2, -0.15) is 0 Å². The molecule has 0 aromatic heterocycles. The van der Waals surface area contributed by atoms with Crippen LogP contribution in [0.25, 0.3) is 0 Å².